The van der Waals surface area contributed by atoms with Crippen LogP contribution in [0.1, 0.15) is 25.3 Å². The van der Waals surface area contributed by atoms with Gasteiger partial charge >= 0.3 is 0 Å². The van der Waals surface area contributed by atoms with E-state index in [9.17, 15) is 4.79 Å². The number of H-pyrrole nitrogens is 1. The lowest BCUT2D eigenvalue weighted by molar-refractivity contribution is 0.298. The molecular formula is C17H23N3O. The van der Waals surface area contributed by atoms with E-state index in [2.05, 4.69) is 28.2 Å². The molecule has 3 rings (SSSR count). The van der Waals surface area contributed by atoms with Gasteiger partial charge in [-0.25, -0.2) is 0 Å². The smallest absolute Gasteiger partial charge is 0.248 e. The fraction of sp³-hybridized carbons (Fsp3) is 0.471. The van der Waals surface area contributed by atoms with E-state index in [1.807, 2.05) is 18.2 Å². The number of likely N-dealkylation sites (tertiary alicyclic amines) is 1. The summed E-state index contributed by atoms with van der Waals surface area (Å²) >= 11 is 0. The highest BCUT2D eigenvalue weighted by Gasteiger charge is 2.14. The number of fused-ring (bicyclic) bond motifs is 1. The molecule has 1 aromatic heterocycles. The van der Waals surface area contributed by atoms with Crippen molar-refractivity contribution in [3.63, 3.8) is 0 Å². The average molecular weight is 285 g/mol. The van der Waals surface area contributed by atoms with E-state index in [0.29, 0.717) is 6.04 Å². The predicted molar refractivity (Wildman–Crippen MR) is 86.5 cm³/mol. The van der Waals surface area contributed by atoms with Crippen LogP contribution >= 0.6 is 0 Å². The lowest BCUT2D eigenvalue weighted by Crippen LogP contribution is -2.37. The van der Waals surface area contributed by atoms with Gasteiger partial charge in [0.15, 0.2) is 0 Å². The number of hydrogen-bond donors (Lipinski definition) is 2. The normalized spacial score (nSPS) is 17.4. The van der Waals surface area contributed by atoms with Crippen LogP contribution in [0.2, 0.25) is 0 Å². The number of benzene rings is 1. The molecule has 1 fully saturated rings. The summed E-state index contributed by atoms with van der Waals surface area (Å²) in [6, 6.07) is 10.1. The van der Waals surface area contributed by atoms with Crippen molar-refractivity contribution in [2.45, 2.75) is 32.4 Å². The van der Waals surface area contributed by atoms with Crippen molar-refractivity contribution in [3.8, 4) is 0 Å². The Balaban J connectivity index is 1.68. The van der Waals surface area contributed by atoms with Crippen molar-refractivity contribution < 1.29 is 0 Å². The quantitative estimate of drug-likeness (QED) is 0.884. The van der Waals surface area contributed by atoms with Gasteiger partial charge in [0.2, 0.25) is 5.56 Å². The van der Waals surface area contributed by atoms with Crippen molar-refractivity contribution in [2.24, 2.45) is 0 Å². The van der Waals surface area contributed by atoms with Gasteiger partial charge in [-0.15, -0.1) is 0 Å². The van der Waals surface area contributed by atoms with E-state index >= 15 is 0 Å². The van der Waals surface area contributed by atoms with E-state index in [1.165, 1.54) is 25.9 Å². The molecule has 1 atom stereocenters. The maximum Gasteiger partial charge on any atom is 0.248 e. The Morgan fingerprint density at radius 3 is 2.86 bits per heavy atom. The molecule has 1 aromatic carbocycles. The first-order valence-electron chi connectivity index (χ1n) is 7.79. The molecule has 4 heteroatoms. The van der Waals surface area contributed by atoms with Gasteiger partial charge in [-0.05, 0) is 44.5 Å². The van der Waals surface area contributed by atoms with Crippen molar-refractivity contribution >= 4 is 10.9 Å². The second-order valence-electron chi connectivity index (χ2n) is 5.99. The largest absolute Gasteiger partial charge is 0.322 e. The Kier molecular flexibility index (Phi) is 4.36. The van der Waals surface area contributed by atoms with Crippen molar-refractivity contribution in [3.05, 3.63) is 46.2 Å². The standard InChI is InChI=1S/C17H23N3O/c1-13(12-20-8-4-5-9-20)18-11-14-10-17(21)19-16-7-3-2-6-15(14)16/h2-3,6-7,10,13,18H,4-5,8-9,11-12H2,1H3,(H,19,21). The first-order valence-corrected chi connectivity index (χ1v) is 7.79. The Labute approximate surface area is 125 Å². The van der Waals surface area contributed by atoms with E-state index in [4.69, 9.17) is 0 Å². The molecule has 0 saturated carbocycles. The zero-order chi connectivity index (χ0) is 14.7. The van der Waals surface area contributed by atoms with Gasteiger partial charge in [-0.1, -0.05) is 18.2 Å². The maximum absolute atomic E-state index is 11.7. The topological polar surface area (TPSA) is 48.1 Å². The van der Waals surface area contributed by atoms with Gasteiger partial charge in [0.25, 0.3) is 0 Å². The molecule has 2 aromatic rings. The van der Waals surface area contributed by atoms with Gasteiger partial charge in [0, 0.05) is 36.1 Å². The number of nitrogens with zero attached hydrogens (tertiary/aromatic N) is 1. The first-order chi connectivity index (χ1) is 10.2. The lowest BCUT2D eigenvalue weighted by atomic mass is 10.1. The van der Waals surface area contributed by atoms with Crippen molar-refractivity contribution in [2.75, 3.05) is 19.6 Å². The number of aromatic nitrogens is 1. The minimum absolute atomic E-state index is 0.0299. The van der Waals surface area contributed by atoms with E-state index < -0.39 is 0 Å². The van der Waals surface area contributed by atoms with Crippen LogP contribution in [0.15, 0.2) is 35.1 Å². The Bertz CT molecular complexity index is 658. The van der Waals surface area contributed by atoms with E-state index in [-0.39, 0.29) is 5.56 Å². The van der Waals surface area contributed by atoms with Gasteiger partial charge in [0.1, 0.15) is 0 Å². The van der Waals surface area contributed by atoms with Gasteiger partial charge < -0.3 is 15.2 Å². The first kappa shape index (κ1) is 14.3. The fourth-order valence-electron chi connectivity index (χ4n) is 3.12. The molecule has 1 saturated heterocycles. The van der Waals surface area contributed by atoms with Crippen LogP contribution in [-0.2, 0) is 6.54 Å². The number of rotatable bonds is 5. The molecule has 2 heterocycles. The van der Waals surface area contributed by atoms with Gasteiger partial charge in [-0.2, -0.15) is 0 Å². The molecule has 0 radical (unpaired) electrons. The van der Waals surface area contributed by atoms with Crippen LogP contribution in [0.25, 0.3) is 10.9 Å². The van der Waals surface area contributed by atoms with Crippen LogP contribution in [0.5, 0.6) is 0 Å². The second kappa shape index (κ2) is 6.41. The van der Waals surface area contributed by atoms with Crippen molar-refractivity contribution in [1.29, 1.82) is 0 Å². The molecule has 1 unspecified atom stereocenters. The Morgan fingerprint density at radius 2 is 2.05 bits per heavy atom. The summed E-state index contributed by atoms with van der Waals surface area (Å²) in [5.74, 6) is 0. The predicted octanol–water partition coefficient (Wildman–Crippen LogP) is 2.10. The summed E-state index contributed by atoms with van der Waals surface area (Å²) in [4.78, 5) is 17.1. The summed E-state index contributed by atoms with van der Waals surface area (Å²) in [5.41, 5.74) is 1.95. The molecule has 0 aliphatic carbocycles. The lowest BCUT2D eigenvalue weighted by Gasteiger charge is -2.21. The molecule has 0 bridgehead atoms. The summed E-state index contributed by atoms with van der Waals surface area (Å²) in [6.07, 6.45) is 2.65. The molecule has 0 amide bonds. The third-order valence-corrected chi connectivity index (χ3v) is 4.21. The van der Waals surface area contributed by atoms with E-state index in [0.717, 1.165) is 29.6 Å². The van der Waals surface area contributed by atoms with Crippen LogP contribution in [-0.4, -0.2) is 35.6 Å². The zero-order valence-corrected chi connectivity index (χ0v) is 12.6. The zero-order valence-electron chi connectivity index (χ0n) is 12.6. The fourth-order valence-corrected chi connectivity index (χ4v) is 3.12. The molecular weight excluding hydrogens is 262 g/mol. The van der Waals surface area contributed by atoms with Crippen LogP contribution in [0.4, 0.5) is 0 Å². The van der Waals surface area contributed by atoms with Gasteiger partial charge in [0.05, 0.1) is 0 Å². The summed E-state index contributed by atoms with van der Waals surface area (Å²) in [6.45, 7) is 6.48. The van der Waals surface area contributed by atoms with Crippen LogP contribution in [0.3, 0.4) is 0 Å². The molecule has 2 N–H and O–H groups in total. The SMILES string of the molecule is CC(CN1CCCC1)NCc1cc(=O)[nH]c2ccccc12. The van der Waals surface area contributed by atoms with Crippen LogP contribution in [0, 0.1) is 0 Å². The minimum atomic E-state index is -0.0299. The number of para-hydroxylation sites is 1. The number of pyridine rings is 1. The third-order valence-electron chi connectivity index (χ3n) is 4.21. The highest BCUT2D eigenvalue weighted by molar-refractivity contribution is 5.81. The molecule has 0 spiro atoms. The number of nitrogens with one attached hydrogen (secondary N) is 2. The highest BCUT2D eigenvalue weighted by Crippen LogP contribution is 2.14. The average Bonchev–Trinajstić information content (AvgIpc) is 2.97. The van der Waals surface area contributed by atoms with Crippen LogP contribution < -0.4 is 10.9 Å². The molecule has 112 valence electrons. The highest BCUT2D eigenvalue weighted by atomic mass is 16.1. The summed E-state index contributed by atoms with van der Waals surface area (Å²) in [5, 5.41) is 4.67. The third kappa shape index (κ3) is 3.52. The molecule has 21 heavy (non-hydrogen) atoms. The monoisotopic (exact) mass is 285 g/mol. The number of hydrogen-bond acceptors (Lipinski definition) is 3. The summed E-state index contributed by atoms with van der Waals surface area (Å²) in [7, 11) is 0. The summed E-state index contributed by atoms with van der Waals surface area (Å²) < 4.78 is 0. The maximum atomic E-state index is 11.7. The van der Waals surface area contributed by atoms with Crippen molar-refractivity contribution in [1.82, 2.24) is 15.2 Å². The minimum Gasteiger partial charge on any atom is -0.322 e. The van der Waals surface area contributed by atoms with Gasteiger partial charge in [-0.3, -0.25) is 4.79 Å². The second-order valence-corrected chi connectivity index (χ2v) is 5.99. The Morgan fingerprint density at radius 1 is 1.29 bits per heavy atom. The number of aromatic amines is 1. The Hall–Kier alpha value is -1.65. The molecule has 1 aliphatic rings. The van der Waals surface area contributed by atoms with E-state index in [1.54, 1.807) is 6.07 Å². The molecule has 1 aliphatic heterocycles. The molecule has 4 nitrogen and oxygen atoms in total.